The molecule has 1 saturated carbocycles. The summed E-state index contributed by atoms with van der Waals surface area (Å²) in [7, 11) is -4.31. The molecule has 15 heavy (non-hydrogen) atoms. The van der Waals surface area contributed by atoms with Crippen molar-refractivity contribution in [2.45, 2.75) is 33.1 Å². The highest BCUT2D eigenvalue weighted by Gasteiger charge is 2.50. The minimum absolute atomic E-state index is 0.296. The molecule has 0 aliphatic heterocycles. The van der Waals surface area contributed by atoms with E-state index in [1.54, 1.807) is 0 Å². The lowest BCUT2D eigenvalue weighted by Crippen LogP contribution is -2.48. The highest BCUT2D eigenvalue weighted by atomic mass is 32.3. The van der Waals surface area contributed by atoms with Crippen LogP contribution in [0.1, 0.15) is 33.1 Å². The van der Waals surface area contributed by atoms with E-state index in [9.17, 15) is 12.3 Å². The third kappa shape index (κ3) is 1.96. The molecule has 2 nitrogen and oxygen atoms in total. The van der Waals surface area contributed by atoms with Crippen LogP contribution < -0.4 is 0 Å². The Hall–Kier alpha value is -0.380. The lowest BCUT2D eigenvalue weighted by atomic mass is 9.48. The van der Waals surface area contributed by atoms with Crippen LogP contribution in [-0.2, 0) is 10.2 Å². The molecule has 0 amide bonds. The molecular formula is C11H17FO2S. The van der Waals surface area contributed by atoms with E-state index in [0.717, 1.165) is 24.3 Å². The molecule has 0 spiro atoms. The van der Waals surface area contributed by atoms with Crippen molar-refractivity contribution < 1.29 is 12.3 Å². The van der Waals surface area contributed by atoms with Gasteiger partial charge in [-0.25, -0.2) is 0 Å². The summed E-state index contributed by atoms with van der Waals surface area (Å²) in [5, 5.41) is 0. The van der Waals surface area contributed by atoms with Gasteiger partial charge in [-0.15, -0.1) is 3.89 Å². The van der Waals surface area contributed by atoms with Crippen LogP contribution >= 0.6 is 0 Å². The third-order valence-electron chi connectivity index (χ3n) is 4.22. The third-order valence-corrected chi connectivity index (χ3v) is 4.91. The Kier molecular flexibility index (Phi) is 2.45. The van der Waals surface area contributed by atoms with E-state index in [-0.39, 0.29) is 5.75 Å². The van der Waals surface area contributed by atoms with Gasteiger partial charge in [0.15, 0.2) is 0 Å². The molecule has 1 fully saturated rings. The van der Waals surface area contributed by atoms with Gasteiger partial charge in [-0.05, 0) is 36.5 Å². The summed E-state index contributed by atoms with van der Waals surface area (Å²) in [6.45, 7) is 4.45. The van der Waals surface area contributed by atoms with Gasteiger partial charge in [0.2, 0.25) is 0 Å². The molecular weight excluding hydrogens is 215 g/mol. The molecule has 0 aromatic carbocycles. The van der Waals surface area contributed by atoms with Gasteiger partial charge in [-0.2, -0.15) is 8.42 Å². The zero-order chi connectivity index (χ0) is 11.3. The van der Waals surface area contributed by atoms with Crippen molar-refractivity contribution in [3.05, 3.63) is 11.6 Å². The van der Waals surface area contributed by atoms with Gasteiger partial charge in [0.25, 0.3) is 0 Å². The highest BCUT2D eigenvalue weighted by molar-refractivity contribution is 7.86. The summed E-state index contributed by atoms with van der Waals surface area (Å²) in [4.78, 5) is 0. The smallest absolute Gasteiger partial charge is 0.195 e. The summed E-state index contributed by atoms with van der Waals surface area (Å²) in [5.74, 6) is 0.877. The molecule has 0 radical (unpaired) electrons. The van der Waals surface area contributed by atoms with Crippen molar-refractivity contribution in [2.75, 3.05) is 5.75 Å². The normalized spacial score (nSPS) is 33.1. The highest BCUT2D eigenvalue weighted by Crippen LogP contribution is 2.59. The van der Waals surface area contributed by atoms with Crippen LogP contribution in [0.3, 0.4) is 0 Å². The molecule has 3 rings (SSSR count). The zero-order valence-electron chi connectivity index (χ0n) is 9.16. The Bertz CT molecular complexity index is 395. The van der Waals surface area contributed by atoms with E-state index < -0.39 is 10.2 Å². The van der Waals surface area contributed by atoms with E-state index in [1.807, 2.05) is 0 Å². The minimum Gasteiger partial charge on any atom is -0.195 e. The van der Waals surface area contributed by atoms with E-state index >= 15 is 0 Å². The van der Waals surface area contributed by atoms with Gasteiger partial charge in [-0.3, -0.25) is 0 Å². The summed E-state index contributed by atoms with van der Waals surface area (Å²) in [5.41, 5.74) is 1.45. The molecule has 0 aromatic rings. The standard InChI is InChI=1S/C11H17FO2S/c1-11(2)9-4-3-8(10(11)7-9)5-6-15(12,13)14/h3,9-10H,4-7H2,1-2H3. The van der Waals surface area contributed by atoms with E-state index in [4.69, 9.17) is 0 Å². The zero-order valence-corrected chi connectivity index (χ0v) is 9.98. The second-order valence-electron chi connectivity index (χ2n) is 5.31. The average Bonchev–Trinajstić information content (AvgIpc) is 2.13. The van der Waals surface area contributed by atoms with Crippen LogP contribution in [0.25, 0.3) is 0 Å². The van der Waals surface area contributed by atoms with E-state index in [2.05, 4.69) is 19.9 Å². The van der Waals surface area contributed by atoms with Crippen molar-refractivity contribution in [3.8, 4) is 0 Å². The van der Waals surface area contributed by atoms with Crippen LogP contribution in [0.15, 0.2) is 11.6 Å². The fourth-order valence-electron chi connectivity index (χ4n) is 3.00. The van der Waals surface area contributed by atoms with Gasteiger partial charge < -0.3 is 0 Å². The van der Waals surface area contributed by atoms with Gasteiger partial charge in [0.05, 0.1) is 5.75 Å². The fourth-order valence-corrected chi connectivity index (χ4v) is 3.48. The number of hydrogen-bond donors (Lipinski definition) is 0. The first kappa shape index (κ1) is 11.1. The number of fused-ring (bicyclic) bond motifs is 1. The van der Waals surface area contributed by atoms with Crippen LogP contribution in [0, 0.1) is 17.3 Å². The second-order valence-corrected chi connectivity index (χ2v) is 6.80. The lowest BCUT2D eigenvalue weighted by Gasteiger charge is -2.56. The number of rotatable bonds is 3. The van der Waals surface area contributed by atoms with Crippen LogP contribution in [0.5, 0.6) is 0 Å². The average molecular weight is 232 g/mol. The lowest BCUT2D eigenvalue weighted by molar-refractivity contribution is -0.00772. The molecule has 86 valence electrons. The Balaban J connectivity index is 2.03. The first-order valence-corrected chi connectivity index (χ1v) is 6.97. The largest absolute Gasteiger partial charge is 0.302 e. The first-order chi connectivity index (χ1) is 6.81. The molecule has 3 aliphatic carbocycles. The fraction of sp³-hybridized carbons (Fsp3) is 0.818. The maximum absolute atomic E-state index is 12.4. The topological polar surface area (TPSA) is 34.1 Å². The van der Waals surface area contributed by atoms with E-state index in [0.29, 0.717) is 17.8 Å². The van der Waals surface area contributed by atoms with Crippen LogP contribution in [0.4, 0.5) is 3.89 Å². The molecule has 0 aromatic heterocycles. The summed E-state index contributed by atoms with van der Waals surface area (Å²) in [6, 6.07) is 0. The van der Waals surface area contributed by atoms with Crippen molar-refractivity contribution in [1.29, 1.82) is 0 Å². The molecule has 2 atom stereocenters. The molecule has 2 unspecified atom stereocenters. The molecule has 2 bridgehead atoms. The van der Waals surface area contributed by atoms with Crippen molar-refractivity contribution >= 4 is 10.2 Å². The van der Waals surface area contributed by atoms with Crippen LogP contribution in [-0.4, -0.2) is 14.2 Å². The van der Waals surface area contributed by atoms with Gasteiger partial charge in [-0.1, -0.05) is 25.5 Å². The molecule has 3 aliphatic rings. The predicted molar refractivity (Wildman–Crippen MR) is 57.6 cm³/mol. The molecule has 0 heterocycles. The van der Waals surface area contributed by atoms with Crippen molar-refractivity contribution in [3.63, 3.8) is 0 Å². The Morgan fingerprint density at radius 1 is 1.53 bits per heavy atom. The monoisotopic (exact) mass is 232 g/mol. The second kappa shape index (κ2) is 3.30. The summed E-state index contributed by atoms with van der Waals surface area (Å²) >= 11 is 0. The number of allylic oxidation sites excluding steroid dienone is 2. The number of hydrogen-bond acceptors (Lipinski definition) is 2. The Labute approximate surface area is 90.8 Å². The SMILES string of the molecule is CC1(C)C2CC=C(CCS(=O)(=O)F)C1C2. The van der Waals surface area contributed by atoms with Gasteiger partial charge >= 0.3 is 10.2 Å². The molecule has 0 N–H and O–H groups in total. The van der Waals surface area contributed by atoms with Crippen molar-refractivity contribution in [1.82, 2.24) is 0 Å². The van der Waals surface area contributed by atoms with Crippen LogP contribution in [0.2, 0.25) is 0 Å². The minimum atomic E-state index is -4.31. The number of halogens is 1. The summed E-state index contributed by atoms with van der Waals surface area (Å²) < 4.78 is 33.3. The quantitative estimate of drug-likeness (QED) is 0.554. The summed E-state index contributed by atoms with van der Waals surface area (Å²) in [6.07, 6.45) is 4.69. The van der Waals surface area contributed by atoms with E-state index in [1.165, 1.54) is 0 Å². The first-order valence-electron chi connectivity index (χ1n) is 5.42. The Morgan fingerprint density at radius 3 is 2.67 bits per heavy atom. The molecule has 4 heteroatoms. The van der Waals surface area contributed by atoms with Gasteiger partial charge in [0, 0.05) is 0 Å². The Morgan fingerprint density at radius 2 is 2.20 bits per heavy atom. The van der Waals surface area contributed by atoms with Crippen molar-refractivity contribution in [2.24, 2.45) is 17.3 Å². The maximum Gasteiger partial charge on any atom is 0.302 e. The maximum atomic E-state index is 12.4. The predicted octanol–water partition coefficient (Wildman–Crippen LogP) is 2.67. The van der Waals surface area contributed by atoms with Gasteiger partial charge in [0.1, 0.15) is 0 Å². The molecule has 0 saturated heterocycles.